The minimum absolute atomic E-state index is 0.171. The van der Waals surface area contributed by atoms with Crippen molar-refractivity contribution >= 4 is 21.6 Å². The van der Waals surface area contributed by atoms with Crippen molar-refractivity contribution in [1.29, 1.82) is 0 Å². The minimum Gasteiger partial charge on any atom is -0.398 e. The Hall–Kier alpha value is -1.60. The van der Waals surface area contributed by atoms with E-state index in [0.717, 1.165) is 4.31 Å². The molecule has 1 rings (SSSR count). The van der Waals surface area contributed by atoms with Gasteiger partial charge >= 0.3 is 0 Å². The highest BCUT2D eigenvalue weighted by molar-refractivity contribution is 7.89. The SMILES string of the molecule is CCNC(=O)CN(C)S(=O)(=O)c1c(C)ccc(N)c1C. The van der Waals surface area contributed by atoms with Crippen LogP contribution in [0.1, 0.15) is 18.1 Å². The number of likely N-dealkylation sites (N-methyl/N-ethyl adjacent to an activating group) is 2. The van der Waals surface area contributed by atoms with Crippen LogP contribution in [-0.4, -0.2) is 38.8 Å². The number of amides is 1. The summed E-state index contributed by atoms with van der Waals surface area (Å²) in [5, 5.41) is 2.57. The lowest BCUT2D eigenvalue weighted by Crippen LogP contribution is -2.38. The van der Waals surface area contributed by atoms with E-state index in [1.165, 1.54) is 7.05 Å². The zero-order chi connectivity index (χ0) is 15.5. The number of aryl methyl sites for hydroxylation is 1. The van der Waals surface area contributed by atoms with Gasteiger partial charge < -0.3 is 11.1 Å². The standard InChI is InChI=1S/C13H21N3O3S/c1-5-15-12(17)8-16(4)20(18,19)13-9(2)6-7-11(14)10(13)3/h6-7H,5,8,14H2,1-4H3,(H,15,17). The van der Waals surface area contributed by atoms with Gasteiger partial charge in [-0.15, -0.1) is 0 Å². The predicted molar refractivity (Wildman–Crippen MR) is 78.8 cm³/mol. The van der Waals surface area contributed by atoms with Gasteiger partial charge in [0.1, 0.15) is 0 Å². The summed E-state index contributed by atoms with van der Waals surface area (Å²) in [5.74, 6) is -0.335. The van der Waals surface area contributed by atoms with E-state index in [-0.39, 0.29) is 17.3 Å². The number of hydrogen-bond acceptors (Lipinski definition) is 4. The Kier molecular flexibility index (Phi) is 5.13. The molecule has 1 aromatic carbocycles. The lowest BCUT2D eigenvalue weighted by molar-refractivity contribution is -0.121. The maximum absolute atomic E-state index is 12.6. The average Bonchev–Trinajstić information content (AvgIpc) is 2.34. The lowest BCUT2D eigenvalue weighted by Gasteiger charge is -2.20. The Morgan fingerprint density at radius 1 is 1.35 bits per heavy atom. The van der Waals surface area contributed by atoms with Gasteiger partial charge in [-0.3, -0.25) is 4.79 Å². The van der Waals surface area contributed by atoms with Crippen LogP contribution >= 0.6 is 0 Å². The molecular formula is C13H21N3O3S. The molecule has 20 heavy (non-hydrogen) atoms. The van der Waals surface area contributed by atoms with E-state index < -0.39 is 10.0 Å². The summed E-state index contributed by atoms with van der Waals surface area (Å²) in [5.41, 5.74) is 7.31. The zero-order valence-corrected chi connectivity index (χ0v) is 13.0. The van der Waals surface area contributed by atoms with Gasteiger partial charge in [-0.05, 0) is 38.0 Å². The van der Waals surface area contributed by atoms with Gasteiger partial charge in [-0.1, -0.05) is 6.07 Å². The normalized spacial score (nSPS) is 11.7. The quantitative estimate of drug-likeness (QED) is 0.780. The number of nitrogens with zero attached hydrogens (tertiary/aromatic N) is 1. The van der Waals surface area contributed by atoms with Crippen LogP contribution in [0, 0.1) is 13.8 Å². The average molecular weight is 299 g/mol. The van der Waals surface area contributed by atoms with Crippen LogP contribution in [0.15, 0.2) is 17.0 Å². The van der Waals surface area contributed by atoms with Crippen LogP contribution in [0.2, 0.25) is 0 Å². The van der Waals surface area contributed by atoms with Gasteiger partial charge in [0.05, 0.1) is 11.4 Å². The van der Waals surface area contributed by atoms with Crippen LogP contribution < -0.4 is 11.1 Å². The zero-order valence-electron chi connectivity index (χ0n) is 12.2. The molecule has 0 saturated heterocycles. The van der Waals surface area contributed by atoms with Crippen LogP contribution in [0.25, 0.3) is 0 Å². The summed E-state index contributed by atoms with van der Waals surface area (Å²) in [6, 6.07) is 3.34. The van der Waals surface area contributed by atoms with Crippen LogP contribution in [0.3, 0.4) is 0 Å². The van der Waals surface area contributed by atoms with Crippen molar-refractivity contribution in [2.24, 2.45) is 0 Å². The molecule has 7 heteroatoms. The molecule has 0 aliphatic rings. The van der Waals surface area contributed by atoms with E-state index in [1.807, 2.05) is 0 Å². The second kappa shape index (κ2) is 6.23. The number of rotatable bonds is 5. The van der Waals surface area contributed by atoms with Gasteiger partial charge in [0.2, 0.25) is 15.9 Å². The first-order chi connectivity index (χ1) is 9.21. The first-order valence-electron chi connectivity index (χ1n) is 6.30. The van der Waals surface area contributed by atoms with Crippen molar-refractivity contribution in [2.75, 3.05) is 25.9 Å². The second-order valence-corrected chi connectivity index (χ2v) is 6.62. The first-order valence-corrected chi connectivity index (χ1v) is 7.74. The molecule has 0 unspecified atom stereocenters. The minimum atomic E-state index is -3.74. The molecule has 0 spiro atoms. The molecule has 0 fully saturated rings. The number of anilines is 1. The van der Waals surface area contributed by atoms with Crippen molar-refractivity contribution in [3.63, 3.8) is 0 Å². The summed E-state index contributed by atoms with van der Waals surface area (Å²) >= 11 is 0. The van der Waals surface area contributed by atoms with Gasteiger partial charge in [0, 0.05) is 19.3 Å². The smallest absolute Gasteiger partial charge is 0.243 e. The van der Waals surface area contributed by atoms with Crippen molar-refractivity contribution < 1.29 is 13.2 Å². The summed E-state index contributed by atoms with van der Waals surface area (Å²) in [6.45, 7) is 5.39. The number of sulfonamides is 1. The fourth-order valence-electron chi connectivity index (χ4n) is 1.94. The monoisotopic (exact) mass is 299 g/mol. The van der Waals surface area contributed by atoms with E-state index in [2.05, 4.69) is 5.32 Å². The molecule has 6 nitrogen and oxygen atoms in total. The molecule has 112 valence electrons. The molecule has 0 bridgehead atoms. The highest BCUT2D eigenvalue weighted by atomic mass is 32.2. The van der Waals surface area contributed by atoms with Crippen molar-refractivity contribution in [1.82, 2.24) is 9.62 Å². The fourth-order valence-corrected chi connectivity index (χ4v) is 3.51. The van der Waals surface area contributed by atoms with E-state index >= 15 is 0 Å². The Balaban J connectivity index is 3.17. The predicted octanol–water partition coefficient (Wildman–Crippen LogP) is 0.642. The molecule has 0 aliphatic carbocycles. The lowest BCUT2D eigenvalue weighted by atomic mass is 10.1. The highest BCUT2D eigenvalue weighted by Gasteiger charge is 2.27. The fraction of sp³-hybridized carbons (Fsp3) is 0.462. The molecule has 0 aromatic heterocycles. The number of nitrogens with two attached hydrogens (primary N) is 1. The highest BCUT2D eigenvalue weighted by Crippen LogP contribution is 2.26. The van der Waals surface area contributed by atoms with E-state index in [1.54, 1.807) is 32.9 Å². The molecule has 1 aromatic rings. The number of hydrogen-bond donors (Lipinski definition) is 2. The molecule has 0 heterocycles. The Morgan fingerprint density at radius 2 is 1.95 bits per heavy atom. The topological polar surface area (TPSA) is 92.5 Å². The maximum atomic E-state index is 12.6. The molecule has 0 radical (unpaired) electrons. The molecule has 3 N–H and O–H groups in total. The number of nitrogen functional groups attached to an aromatic ring is 1. The summed E-state index contributed by atoms with van der Waals surface area (Å²) in [7, 11) is -2.36. The number of carbonyl (C=O) groups is 1. The third kappa shape index (κ3) is 3.29. The molecule has 0 aliphatic heterocycles. The molecular weight excluding hydrogens is 278 g/mol. The number of benzene rings is 1. The Labute approximate surface area is 120 Å². The van der Waals surface area contributed by atoms with E-state index in [4.69, 9.17) is 5.73 Å². The second-order valence-electron chi connectivity index (χ2n) is 4.64. The van der Waals surface area contributed by atoms with Crippen molar-refractivity contribution in [2.45, 2.75) is 25.7 Å². The number of carbonyl (C=O) groups excluding carboxylic acids is 1. The van der Waals surface area contributed by atoms with Crippen molar-refractivity contribution in [3.05, 3.63) is 23.3 Å². The Morgan fingerprint density at radius 3 is 2.50 bits per heavy atom. The van der Waals surface area contributed by atoms with E-state index in [9.17, 15) is 13.2 Å². The molecule has 0 saturated carbocycles. The third-order valence-electron chi connectivity index (χ3n) is 3.05. The number of nitrogens with one attached hydrogen (secondary N) is 1. The first kappa shape index (κ1) is 16.5. The van der Waals surface area contributed by atoms with Gasteiger partial charge in [-0.25, -0.2) is 8.42 Å². The third-order valence-corrected chi connectivity index (χ3v) is 5.15. The molecule has 1 amide bonds. The summed E-state index contributed by atoms with van der Waals surface area (Å²) in [6.07, 6.45) is 0. The van der Waals surface area contributed by atoms with Crippen LogP contribution in [0.5, 0.6) is 0 Å². The Bertz CT molecular complexity index is 612. The van der Waals surface area contributed by atoms with E-state index in [0.29, 0.717) is 23.4 Å². The van der Waals surface area contributed by atoms with Crippen LogP contribution in [0.4, 0.5) is 5.69 Å². The van der Waals surface area contributed by atoms with Crippen LogP contribution in [-0.2, 0) is 14.8 Å². The molecule has 0 atom stereocenters. The van der Waals surface area contributed by atoms with Gasteiger partial charge in [-0.2, -0.15) is 4.31 Å². The van der Waals surface area contributed by atoms with Gasteiger partial charge in [0.15, 0.2) is 0 Å². The van der Waals surface area contributed by atoms with Crippen molar-refractivity contribution in [3.8, 4) is 0 Å². The summed E-state index contributed by atoms with van der Waals surface area (Å²) in [4.78, 5) is 11.7. The largest absolute Gasteiger partial charge is 0.398 e. The summed E-state index contributed by atoms with van der Waals surface area (Å²) < 4.78 is 26.1. The van der Waals surface area contributed by atoms with Gasteiger partial charge in [0.25, 0.3) is 0 Å². The maximum Gasteiger partial charge on any atom is 0.243 e.